The third-order valence-corrected chi connectivity index (χ3v) is 6.21. The van der Waals surface area contributed by atoms with Crippen molar-refractivity contribution in [2.24, 2.45) is 0 Å². The first-order chi connectivity index (χ1) is 16.7. The first-order valence-corrected chi connectivity index (χ1v) is 11.7. The van der Waals surface area contributed by atoms with Crippen molar-refractivity contribution in [3.05, 3.63) is 103 Å². The van der Waals surface area contributed by atoms with Crippen LogP contribution in [0.3, 0.4) is 0 Å². The Kier molecular flexibility index (Phi) is 6.54. The van der Waals surface area contributed by atoms with Crippen LogP contribution in [0.1, 0.15) is 5.56 Å². The van der Waals surface area contributed by atoms with Gasteiger partial charge in [0.15, 0.2) is 11.5 Å². The number of nitrogens with one attached hydrogen (secondary N) is 3. The van der Waals surface area contributed by atoms with Crippen LogP contribution in [-0.2, 0) is 6.54 Å². The summed E-state index contributed by atoms with van der Waals surface area (Å²) in [4.78, 5) is 4.11. The van der Waals surface area contributed by atoms with Gasteiger partial charge in [-0.25, -0.2) is 10.3 Å². The van der Waals surface area contributed by atoms with Crippen molar-refractivity contribution in [2.45, 2.75) is 11.4 Å². The summed E-state index contributed by atoms with van der Waals surface area (Å²) in [5.41, 5.74) is 5.09. The van der Waals surface area contributed by atoms with Crippen LogP contribution >= 0.6 is 11.9 Å². The van der Waals surface area contributed by atoms with Gasteiger partial charge in [-0.1, -0.05) is 54.6 Å². The van der Waals surface area contributed by atoms with Crippen LogP contribution in [0.25, 0.3) is 11.1 Å². The maximum Gasteiger partial charge on any atom is 0.444 e. The molecule has 0 fully saturated rings. The van der Waals surface area contributed by atoms with Crippen LogP contribution in [0.5, 0.6) is 11.5 Å². The molecule has 4 N–H and O–H groups in total. The number of benzene rings is 4. The Morgan fingerprint density at radius 2 is 1.56 bits per heavy atom. The lowest BCUT2D eigenvalue weighted by atomic mass is 10.1. The second-order valence-electron chi connectivity index (χ2n) is 7.66. The van der Waals surface area contributed by atoms with Crippen molar-refractivity contribution in [2.75, 3.05) is 16.8 Å². The Morgan fingerprint density at radius 3 is 2.41 bits per heavy atom. The van der Waals surface area contributed by atoms with Crippen LogP contribution < -0.4 is 24.5 Å². The highest BCUT2D eigenvalue weighted by Gasteiger charge is 2.14. The fourth-order valence-electron chi connectivity index (χ4n) is 3.56. The molecule has 1 aliphatic heterocycles. The van der Waals surface area contributed by atoms with E-state index in [2.05, 4.69) is 45.4 Å². The topological polar surface area (TPSA) is 76.7 Å². The van der Waals surface area contributed by atoms with Crippen molar-refractivity contribution in [3.8, 4) is 22.6 Å². The number of aliphatic hydroxyl groups excluding tert-OH is 1. The normalized spacial score (nSPS) is 12.4. The number of aliphatic hydroxyl groups is 1. The summed E-state index contributed by atoms with van der Waals surface area (Å²) < 4.78 is 14.1. The number of fused-ring (bicyclic) bond motifs is 1. The van der Waals surface area contributed by atoms with Crippen molar-refractivity contribution < 1.29 is 19.6 Å². The summed E-state index contributed by atoms with van der Waals surface area (Å²) >= 11 is 1.57. The monoisotopic (exact) mass is 470 g/mol. The van der Waals surface area contributed by atoms with E-state index in [4.69, 9.17) is 9.47 Å². The van der Waals surface area contributed by atoms with E-state index in [1.54, 1.807) is 11.9 Å². The minimum atomic E-state index is -0.0236. The number of rotatable bonds is 7. The fourth-order valence-corrected chi connectivity index (χ4v) is 4.37. The molecule has 5 rings (SSSR count). The van der Waals surface area contributed by atoms with E-state index in [-0.39, 0.29) is 12.8 Å². The van der Waals surface area contributed by atoms with E-state index in [1.165, 1.54) is 11.1 Å². The van der Waals surface area contributed by atoms with Crippen LogP contribution in [0, 0.1) is 0 Å². The molecule has 4 aromatic rings. The Morgan fingerprint density at radius 1 is 0.824 bits per heavy atom. The molecule has 1 aliphatic rings. The summed E-state index contributed by atoms with van der Waals surface area (Å²) in [7, 11) is 0. The molecule has 0 bridgehead atoms. The molecule has 0 saturated carbocycles. The Balaban J connectivity index is 1.17. The lowest BCUT2D eigenvalue weighted by Crippen LogP contribution is -2.73. The molecule has 0 atom stereocenters. The van der Waals surface area contributed by atoms with Gasteiger partial charge in [0.2, 0.25) is 6.79 Å². The standard InChI is InChI=1S/C27H23N3O3S/c31-27(28-17-19-10-15-24-25(16-19)33-18-32-24)29-21-11-13-22(14-12-21)30-34-26-9-5-4-8-23(26)20-6-2-1-3-7-20/h1-16,30H,17-18H2,(H2,28,29,31)/p+1. The van der Waals surface area contributed by atoms with Gasteiger partial charge in [-0.2, -0.15) is 0 Å². The van der Waals surface area contributed by atoms with Gasteiger partial charge in [0.05, 0.1) is 0 Å². The highest BCUT2D eigenvalue weighted by molar-refractivity contribution is 8.00. The zero-order chi connectivity index (χ0) is 23.2. The first-order valence-electron chi connectivity index (χ1n) is 10.9. The van der Waals surface area contributed by atoms with Gasteiger partial charge in [-0.05, 0) is 71.1 Å². The Hall–Kier alpha value is -4.10. The van der Waals surface area contributed by atoms with E-state index in [0.717, 1.165) is 33.3 Å². The van der Waals surface area contributed by atoms with Gasteiger partial charge in [-0.15, -0.1) is 0 Å². The van der Waals surface area contributed by atoms with Gasteiger partial charge in [-0.3, -0.25) is 0 Å². The molecular weight excluding hydrogens is 446 g/mol. The molecule has 0 aromatic heterocycles. The van der Waals surface area contributed by atoms with E-state index in [9.17, 15) is 5.11 Å². The molecule has 0 aliphatic carbocycles. The second kappa shape index (κ2) is 10.2. The summed E-state index contributed by atoms with van der Waals surface area (Å²) in [5.74, 6) is 1.46. The second-order valence-corrected chi connectivity index (χ2v) is 8.51. The quantitative estimate of drug-likeness (QED) is 0.176. The van der Waals surface area contributed by atoms with Gasteiger partial charge in [0, 0.05) is 10.6 Å². The third-order valence-electron chi connectivity index (χ3n) is 5.30. The summed E-state index contributed by atoms with van der Waals surface area (Å²) in [5, 5.41) is 13.2. The van der Waals surface area contributed by atoms with E-state index < -0.39 is 0 Å². The minimum Gasteiger partial charge on any atom is -0.454 e. The molecule has 6 nitrogen and oxygen atoms in total. The molecule has 0 spiro atoms. The summed E-state index contributed by atoms with van der Waals surface area (Å²) in [6.07, 6.45) is 0. The van der Waals surface area contributed by atoms with Crippen LogP contribution in [0.4, 0.5) is 11.4 Å². The molecular formula is C27H24N3O3S+. The number of amidine groups is 1. The maximum atomic E-state index is 10.2. The smallest absolute Gasteiger partial charge is 0.444 e. The van der Waals surface area contributed by atoms with Crippen LogP contribution in [0.15, 0.2) is 102 Å². The molecule has 4 aromatic carbocycles. The predicted octanol–water partition coefficient (Wildman–Crippen LogP) is 4.81. The van der Waals surface area contributed by atoms with Gasteiger partial charge in [0.25, 0.3) is 0 Å². The molecule has 170 valence electrons. The summed E-state index contributed by atoms with van der Waals surface area (Å²) in [6, 6.07) is 32.1. The lowest BCUT2D eigenvalue weighted by Gasteiger charge is -2.11. The van der Waals surface area contributed by atoms with Crippen molar-refractivity contribution in [1.29, 1.82) is 0 Å². The van der Waals surface area contributed by atoms with Gasteiger partial charge < -0.3 is 19.3 Å². The highest BCUT2D eigenvalue weighted by Crippen LogP contribution is 2.33. The SMILES string of the molecule is OC(Nc1ccc(NSc2ccccc2-c2ccccc2)cc1)=[NH+]Cc1ccc2c(c1)OCO2. The predicted molar refractivity (Wildman–Crippen MR) is 136 cm³/mol. The molecule has 0 unspecified atom stereocenters. The van der Waals surface area contributed by atoms with Gasteiger partial charge >= 0.3 is 6.02 Å². The van der Waals surface area contributed by atoms with E-state index >= 15 is 0 Å². The molecule has 34 heavy (non-hydrogen) atoms. The van der Waals surface area contributed by atoms with Crippen LogP contribution in [-0.4, -0.2) is 17.9 Å². The average Bonchev–Trinajstić information content (AvgIpc) is 3.36. The van der Waals surface area contributed by atoms with Gasteiger partial charge in [0.1, 0.15) is 12.2 Å². The first kappa shape index (κ1) is 21.7. The molecule has 0 amide bonds. The van der Waals surface area contributed by atoms with Crippen molar-refractivity contribution in [3.63, 3.8) is 0 Å². The molecule has 1 heterocycles. The Bertz CT molecular complexity index is 1290. The molecule has 0 radical (unpaired) electrons. The van der Waals surface area contributed by atoms with E-state index in [0.29, 0.717) is 6.54 Å². The van der Waals surface area contributed by atoms with Crippen molar-refractivity contribution >= 4 is 29.3 Å². The average molecular weight is 471 g/mol. The minimum absolute atomic E-state index is 0.0236. The Labute approximate surface area is 202 Å². The highest BCUT2D eigenvalue weighted by atomic mass is 32.2. The number of ether oxygens (including phenoxy) is 2. The zero-order valence-corrected chi connectivity index (χ0v) is 19.1. The molecule has 0 saturated heterocycles. The molecule has 7 heteroatoms. The fraction of sp³-hybridized carbons (Fsp3) is 0.0741. The van der Waals surface area contributed by atoms with Crippen molar-refractivity contribution in [1.82, 2.24) is 0 Å². The lowest BCUT2D eigenvalue weighted by molar-refractivity contribution is -0.484. The number of hydrogen-bond acceptors (Lipinski definition) is 4. The number of hydrogen-bond donors (Lipinski definition) is 4. The van der Waals surface area contributed by atoms with Crippen LogP contribution in [0.2, 0.25) is 0 Å². The largest absolute Gasteiger partial charge is 0.454 e. The maximum absolute atomic E-state index is 10.2. The third kappa shape index (κ3) is 5.27. The van der Waals surface area contributed by atoms with E-state index in [1.807, 2.05) is 66.7 Å². The number of anilines is 2. The zero-order valence-electron chi connectivity index (χ0n) is 18.3. The summed E-state index contributed by atoms with van der Waals surface area (Å²) in [6.45, 7) is 0.695.